The molecule has 1 aromatic carbocycles. The van der Waals surface area contributed by atoms with Gasteiger partial charge in [0.2, 0.25) is 0 Å². The Morgan fingerprint density at radius 2 is 2.33 bits per heavy atom. The third-order valence-corrected chi connectivity index (χ3v) is 3.62. The molecule has 0 spiro atoms. The molecule has 1 fully saturated rings. The summed E-state index contributed by atoms with van der Waals surface area (Å²) in [5.74, 6) is 0.836. The van der Waals surface area contributed by atoms with Crippen LogP contribution in [0.5, 0.6) is 5.75 Å². The SMILES string of the molecule is Cc1c(C2CCNC2)cnn1-c1cccc(O)c1. The van der Waals surface area contributed by atoms with Gasteiger partial charge in [0.1, 0.15) is 5.75 Å². The molecule has 4 nitrogen and oxygen atoms in total. The summed E-state index contributed by atoms with van der Waals surface area (Å²) in [6.45, 7) is 4.21. The summed E-state index contributed by atoms with van der Waals surface area (Å²) in [4.78, 5) is 0. The predicted molar refractivity (Wildman–Crippen MR) is 70.2 cm³/mol. The number of aromatic hydroxyl groups is 1. The first-order chi connectivity index (χ1) is 8.75. The molecule has 1 atom stereocenters. The number of benzene rings is 1. The van der Waals surface area contributed by atoms with Crippen molar-refractivity contribution in [3.63, 3.8) is 0 Å². The van der Waals surface area contributed by atoms with Gasteiger partial charge < -0.3 is 10.4 Å². The molecule has 1 saturated heterocycles. The van der Waals surface area contributed by atoms with Gasteiger partial charge >= 0.3 is 0 Å². The van der Waals surface area contributed by atoms with Crippen LogP contribution in [0.1, 0.15) is 23.6 Å². The molecule has 4 heteroatoms. The minimum atomic E-state index is 0.270. The summed E-state index contributed by atoms with van der Waals surface area (Å²) in [7, 11) is 0. The van der Waals surface area contributed by atoms with Crippen LogP contribution in [-0.2, 0) is 0 Å². The molecule has 0 aliphatic carbocycles. The van der Waals surface area contributed by atoms with Crippen molar-refractivity contribution in [2.24, 2.45) is 0 Å². The number of phenols is 1. The lowest BCUT2D eigenvalue weighted by molar-refractivity contribution is 0.475. The summed E-state index contributed by atoms with van der Waals surface area (Å²) in [6.07, 6.45) is 3.13. The van der Waals surface area contributed by atoms with Crippen LogP contribution >= 0.6 is 0 Å². The van der Waals surface area contributed by atoms with Gasteiger partial charge in [0, 0.05) is 24.2 Å². The van der Waals surface area contributed by atoms with E-state index in [0.717, 1.165) is 24.5 Å². The zero-order chi connectivity index (χ0) is 12.5. The van der Waals surface area contributed by atoms with E-state index in [9.17, 15) is 5.11 Å². The minimum absolute atomic E-state index is 0.270. The Morgan fingerprint density at radius 3 is 3.06 bits per heavy atom. The number of aromatic nitrogens is 2. The minimum Gasteiger partial charge on any atom is -0.508 e. The zero-order valence-electron chi connectivity index (χ0n) is 10.4. The van der Waals surface area contributed by atoms with Crippen LogP contribution in [0, 0.1) is 6.92 Å². The quantitative estimate of drug-likeness (QED) is 0.847. The van der Waals surface area contributed by atoms with Crippen molar-refractivity contribution in [1.29, 1.82) is 0 Å². The van der Waals surface area contributed by atoms with E-state index in [4.69, 9.17) is 0 Å². The number of nitrogens with one attached hydrogen (secondary N) is 1. The smallest absolute Gasteiger partial charge is 0.117 e. The van der Waals surface area contributed by atoms with Gasteiger partial charge in [-0.15, -0.1) is 0 Å². The first-order valence-corrected chi connectivity index (χ1v) is 6.30. The van der Waals surface area contributed by atoms with Gasteiger partial charge in [0.15, 0.2) is 0 Å². The summed E-state index contributed by atoms with van der Waals surface area (Å²) in [5.41, 5.74) is 3.38. The first kappa shape index (κ1) is 11.3. The van der Waals surface area contributed by atoms with Gasteiger partial charge in [-0.3, -0.25) is 0 Å². The molecule has 94 valence electrons. The number of rotatable bonds is 2. The Kier molecular flexibility index (Phi) is 2.80. The Hall–Kier alpha value is -1.81. The molecule has 2 heterocycles. The number of hydrogen-bond acceptors (Lipinski definition) is 3. The van der Waals surface area contributed by atoms with Crippen molar-refractivity contribution in [2.75, 3.05) is 13.1 Å². The molecule has 2 aromatic rings. The van der Waals surface area contributed by atoms with E-state index in [1.54, 1.807) is 12.1 Å². The van der Waals surface area contributed by atoms with Crippen molar-refractivity contribution in [1.82, 2.24) is 15.1 Å². The Labute approximate surface area is 106 Å². The lowest BCUT2D eigenvalue weighted by Crippen LogP contribution is -2.08. The highest BCUT2D eigenvalue weighted by Crippen LogP contribution is 2.27. The summed E-state index contributed by atoms with van der Waals surface area (Å²) in [5, 5.41) is 17.4. The molecule has 3 rings (SSSR count). The molecule has 2 N–H and O–H groups in total. The van der Waals surface area contributed by atoms with E-state index < -0.39 is 0 Å². The molecule has 0 bridgehead atoms. The van der Waals surface area contributed by atoms with E-state index in [1.165, 1.54) is 12.0 Å². The molecular weight excluding hydrogens is 226 g/mol. The standard InChI is InChI=1S/C14H17N3O/c1-10-14(11-5-6-15-8-11)9-16-17(10)12-3-2-4-13(18)7-12/h2-4,7,9,11,15,18H,5-6,8H2,1H3. The number of hydrogen-bond donors (Lipinski definition) is 2. The van der Waals surface area contributed by atoms with E-state index in [1.807, 2.05) is 23.0 Å². The maximum Gasteiger partial charge on any atom is 0.117 e. The third-order valence-electron chi connectivity index (χ3n) is 3.62. The molecule has 0 amide bonds. The van der Waals surface area contributed by atoms with Gasteiger partial charge in [0.25, 0.3) is 0 Å². The lowest BCUT2D eigenvalue weighted by Gasteiger charge is -2.09. The van der Waals surface area contributed by atoms with E-state index >= 15 is 0 Å². The molecule has 1 aromatic heterocycles. The maximum absolute atomic E-state index is 9.53. The zero-order valence-corrected chi connectivity index (χ0v) is 10.4. The van der Waals surface area contributed by atoms with Gasteiger partial charge in [-0.2, -0.15) is 5.10 Å². The monoisotopic (exact) mass is 243 g/mol. The van der Waals surface area contributed by atoms with Crippen LogP contribution in [0.3, 0.4) is 0 Å². The van der Waals surface area contributed by atoms with Crippen molar-refractivity contribution in [3.8, 4) is 11.4 Å². The molecule has 1 aliphatic rings. The average Bonchev–Trinajstić information content (AvgIpc) is 2.97. The largest absolute Gasteiger partial charge is 0.508 e. The first-order valence-electron chi connectivity index (χ1n) is 6.30. The van der Waals surface area contributed by atoms with E-state index in [0.29, 0.717) is 5.92 Å². The van der Waals surface area contributed by atoms with Crippen molar-refractivity contribution >= 4 is 0 Å². The Bertz CT molecular complexity index is 556. The van der Waals surface area contributed by atoms with Crippen LogP contribution in [0.4, 0.5) is 0 Å². The average molecular weight is 243 g/mol. The van der Waals surface area contributed by atoms with Crippen LogP contribution in [-0.4, -0.2) is 28.0 Å². The fourth-order valence-electron chi connectivity index (χ4n) is 2.63. The predicted octanol–water partition coefficient (Wildman–Crippen LogP) is 1.96. The summed E-state index contributed by atoms with van der Waals surface area (Å²) in [6, 6.07) is 7.19. The Balaban J connectivity index is 1.98. The Morgan fingerprint density at radius 1 is 1.44 bits per heavy atom. The number of phenolic OH excluding ortho intramolecular Hbond substituents is 1. The van der Waals surface area contributed by atoms with Gasteiger partial charge in [0.05, 0.1) is 11.9 Å². The second-order valence-corrected chi connectivity index (χ2v) is 4.81. The summed E-state index contributed by atoms with van der Waals surface area (Å²) >= 11 is 0. The van der Waals surface area contributed by atoms with E-state index in [2.05, 4.69) is 17.3 Å². The van der Waals surface area contributed by atoms with Crippen LogP contribution in [0.15, 0.2) is 30.5 Å². The van der Waals surface area contributed by atoms with Crippen molar-refractivity contribution in [3.05, 3.63) is 41.7 Å². The third kappa shape index (κ3) is 1.88. The number of nitrogens with zero attached hydrogens (tertiary/aromatic N) is 2. The lowest BCUT2D eigenvalue weighted by atomic mass is 9.99. The van der Waals surface area contributed by atoms with Crippen LogP contribution in [0.25, 0.3) is 5.69 Å². The molecular formula is C14H17N3O. The second-order valence-electron chi connectivity index (χ2n) is 4.81. The highest BCUT2D eigenvalue weighted by atomic mass is 16.3. The molecule has 1 unspecified atom stereocenters. The fourth-order valence-corrected chi connectivity index (χ4v) is 2.63. The topological polar surface area (TPSA) is 50.1 Å². The van der Waals surface area contributed by atoms with E-state index in [-0.39, 0.29) is 5.75 Å². The van der Waals surface area contributed by atoms with Crippen molar-refractivity contribution in [2.45, 2.75) is 19.3 Å². The molecule has 0 radical (unpaired) electrons. The molecule has 18 heavy (non-hydrogen) atoms. The van der Waals surface area contributed by atoms with Crippen molar-refractivity contribution < 1.29 is 5.11 Å². The highest BCUT2D eigenvalue weighted by molar-refractivity contribution is 5.40. The molecule has 0 saturated carbocycles. The maximum atomic E-state index is 9.53. The van der Waals surface area contributed by atoms with Crippen LogP contribution in [0.2, 0.25) is 0 Å². The second kappa shape index (κ2) is 4.46. The van der Waals surface area contributed by atoms with Gasteiger partial charge in [-0.05, 0) is 37.6 Å². The van der Waals surface area contributed by atoms with Gasteiger partial charge in [-0.25, -0.2) is 4.68 Å². The summed E-state index contributed by atoms with van der Waals surface area (Å²) < 4.78 is 1.90. The van der Waals surface area contributed by atoms with Gasteiger partial charge in [-0.1, -0.05) is 6.07 Å². The highest BCUT2D eigenvalue weighted by Gasteiger charge is 2.21. The normalized spacial score (nSPS) is 19.3. The molecule has 1 aliphatic heterocycles. The van der Waals surface area contributed by atoms with Crippen LogP contribution < -0.4 is 5.32 Å². The fraction of sp³-hybridized carbons (Fsp3) is 0.357.